The summed E-state index contributed by atoms with van der Waals surface area (Å²) in [5.41, 5.74) is 2.40. The standard InChI is InChI=1S/C28H23NO4/c1-21(33-27(30)22-17-19-26(20-18-22)29(31)32)28(23-11-5-2-6-12-23,24-13-7-3-8-14-24)25-15-9-4-10-16-25/h2-21H,1H3/t21-/m0/s1. The van der Waals surface area contributed by atoms with Gasteiger partial charge in [-0.15, -0.1) is 0 Å². The molecule has 0 heterocycles. The number of nitrogens with zero attached hydrogens (tertiary/aromatic N) is 1. The number of benzene rings is 4. The second-order valence-corrected chi connectivity index (χ2v) is 7.76. The Bertz CT molecular complexity index is 1130. The zero-order chi connectivity index (χ0) is 23.3. The predicted molar refractivity (Wildman–Crippen MR) is 127 cm³/mol. The number of carbonyl (C=O) groups is 1. The third kappa shape index (κ3) is 4.26. The van der Waals surface area contributed by atoms with Crippen LogP contribution in [0.4, 0.5) is 5.69 Å². The molecule has 0 spiro atoms. The molecule has 0 radical (unpaired) electrons. The van der Waals surface area contributed by atoms with Crippen molar-refractivity contribution in [1.82, 2.24) is 0 Å². The van der Waals surface area contributed by atoms with Crippen LogP contribution >= 0.6 is 0 Å². The van der Waals surface area contributed by atoms with E-state index in [2.05, 4.69) is 0 Å². The third-order valence-corrected chi connectivity index (χ3v) is 5.89. The summed E-state index contributed by atoms with van der Waals surface area (Å²) in [6.07, 6.45) is -0.590. The number of hydrogen-bond acceptors (Lipinski definition) is 4. The quantitative estimate of drug-likeness (QED) is 0.150. The molecule has 0 bridgehead atoms. The summed E-state index contributed by atoms with van der Waals surface area (Å²) in [6, 6.07) is 35.4. The molecule has 33 heavy (non-hydrogen) atoms. The average molecular weight is 437 g/mol. The van der Waals surface area contributed by atoms with Crippen LogP contribution in [0.25, 0.3) is 0 Å². The van der Waals surface area contributed by atoms with Crippen LogP contribution in [0.15, 0.2) is 115 Å². The van der Waals surface area contributed by atoms with Gasteiger partial charge in [0.15, 0.2) is 0 Å². The highest BCUT2D eigenvalue weighted by Gasteiger charge is 2.43. The third-order valence-electron chi connectivity index (χ3n) is 5.89. The smallest absolute Gasteiger partial charge is 0.338 e. The van der Waals surface area contributed by atoms with Crippen molar-refractivity contribution in [1.29, 1.82) is 0 Å². The monoisotopic (exact) mass is 437 g/mol. The first kappa shape index (κ1) is 22.0. The number of ether oxygens (including phenoxy) is 1. The number of nitro benzene ring substituents is 1. The zero-order valence-electron chi connectivity index (χ0n) is 18.1. The Morgan fingerprint density at radius 2 is 1.12 bits per heavy atom. The largest absolute Gasteiger partial charge is 0.457 e. The minimum Gasteiger partial charge on any atom is -0.457 e. The maximum absolute atomic E-state index is 13.1. The summed E-state index contributed by atoms with van der Waals surface area (Å²) in [4.78, 5) is 23.5. The molecule has 0 aliphatic rings. The van der Waals surface area contributed by atoms with Gasteiger partial charge in [0.2, 0.25) is 0 Å². The zero-order valence-corrected chi connectivity index (χ0v) is 18.1. The van der Waals surface area contributed by atoms with E-state index in [1.165, 1.54) is 24.3 Å². The first-order chi connectivity index (χ1) is 16.0. The van der Waals surface area contributed by atoms with Crippen LogP contribution in [0.3, 0.4) is 0 Å². The van der Waals surface area contributed by atoms with E-state index in [1.54, 1.807) is 0 Å². The number of non-ortho nitro benzene ring substituents is 1. The number of esters is 1. The van der Waals surface area contributed by atoms with Gasteiger partial charge in [0.1, 0.15) is 6.10 Å². The summed E-state index contributed by atoms with van der Waals surface area (Å²) in [5.74, 6) is -0.537. The van der Waals surface area contributed by atoms with Gasteiger partial charge >= 0.3 is 5.97 Å². The first-order valence-corrected chi connectivity index (χ1v) is 10.7. The van der Waals surface area contributed by atoms with Crippen LogP contribution in [0.1, 0.15) is 34.0 Å². The van der Waals surface area contributed by atoms with E-state index in [4.69, 9.17) is 4.74 Å². The second-order valence-electron chi connectivity index (χ2n) is 7.76. The maximum Gasteiger partial charge on any atom is 0.338 e. The van der Waals surface area contributed by atoms with Crippen LogP contribution < -0.4 is 0 Å². The Hall–Kier alpha value is -4.25. The average Bonchev–Trinajstić information content (AvgIpc) is 2.86. The molecule has 0 saturated carbocycles. The van der Waals surface area contributed by atoms with E-state index < -0.39 is 22.4 Å². The van der Waals surface area contributed by atoms with Gasteiger partial charge < -0.3 is 4.74 Å². The van der Waals surface area contributed by atoms with E-state index in [1.807, 2.05) is 97.9 Å². The molecule has 0 N–H and O–H groups in total. The fraction of sp³-hybridized carbons (Fsp3) is 0.107. The summed E-state index contributed by atoms with van der Waals surface area (Å²) < 4.78 is 6.06. The lowest BCUT2D eigenvalue weighted by molar-refractivity contribution is -0.384. The molecule has 4 aromatic rings. The minimum absolute atomic E-state index is 0.0770. The molecule has 0 aliphatic heterocycles. The Kier molecular flexibility index (Phi) is 6.31. The van der Waals surface area contributed by atoms with Crippen molar-refractivity contribution < 1.29 is 14.5 Å². The molecule has 0 saturated heterocycles. The molecular formula is C28H23NO4. The highest BCUT2D eigenvalue weighted by atomic mass is 16.6. The van der Waals surface area contributed by atoms with E-state index >= 15 is 0 Å². The van der Waals surface area contributed by atoms with Crippen LogP contribution in [-0.2, 0) is 10.2 Å². The molecule has 4 rings (SSSR count). The van der Waals surface area contributed by atoms with Crippen molar-refractivity contribution in [2.45, 2.75) is 18.4 Å². The lowest BCUT2D eigenvalue weighted by Crippen LogP contribution is -2.43. The summed E-state index contributed by atoms with van der Waals surface area (Å²) in [5, 5.41) is 11.0. The van der Waals surface area contributed by atoms with E-state index in [9.17, 15) is 14.9 Å². The summed E-state index contributed by atoms with van der Waals surface area (Å²) in [7, 11) is 0. The van der Waals surface area contributed by atoms with Crippen molar-refractivity contribution in [3.63, 3.8) is 0 Å². The van der Waals surface area contributed by atoms with Gasteiger partial charge in [0.25, 0.3) is 5.69 Å². The molecule has 5 heteroatoms. The number of carbonyl (C=O) groups excluding carboxylic acids is 1. The molecule has 1 atom stereocenters. The van der Waals surface area contributed by atoms with Crippen molar-refractivity contribution in [3.8, 4) is 0 Å². The van der Waals surface area contributed by atoms with Crippen LogP contribution in [-0.4, -0.2) is 17.0 Å². The van der Waals surface area contributed by atoms with Gasteiger partial charge in [-0.25, -0.2) is 4.79 Å². The van der Waals surface area contributed by atoms with E-state index in [-0.39, 0.29) is 11.3 Å². The van der Waals surface area contributed by atoms with Gasteiger partial charge in [0.05, 0.1) is 15.9 Å². The molecule has 0 aromatic heterocycles. The summed E-state index contributed by atoms with van der Waals surface area (Å²) in [6.45, 7) is 1.89. The van der Waals surface area contributed by atoms with Crippen molar-refractivity contribution in [2.75, 3.05) is 0 Å². The van der Waals surface area contributed by atoms with E-state index in [0.29, 0.717) is 0 Å². The van der Waals surface area contributed by atoms with Gasteiger partial charge in [-0.3, -0.25) is 10.1 Å². The molecule has 0 aliphatic carbocycles. The maximum atomic E-state index is 13.1. The van der Waals surface area contributed by atoms with E-state index in [0.717, 1.165) is 16.7 Å². The van der Waals surface area contributed by atoms with Gasteiger partial charge in [0, 0.05) is 12.1 Å². The normalized spacial score (nSPS) is 12.0. The number of hydrogen-bond donors (Lipinski definition) is 0. The number of nitro groups is 1. The molecule has 0 amide bonds. The first-order valence-electron chi connectivity index (χ1n) is 10.7. The Balaban J connectivity index is 1.82. The second kappa shape index (κ2) is 9.49. The Morgan fingerprint density at radius 1 is 0.727 bits per heavy atom. The fourth-order valence-electron chi connectivity index (χ4n) is 4.34. The molecule has 164 valence electrons. The molecule has 0 unspecified atom stereocenters. The Labute approximate surface area is 192 Å². The minimum atomic E-state index is -0.764. The number of rotatable bonds is 7. The van der Waals surface area contributed by atoms with Gasteiger partial charge in [-0.05, 0) is 35.7 Å². The fourth-order valence-corrected chi connectivity index (χ4v) is 4.34. The van der Waals surface area contributed by atoms with Gasteiger partial charge in [-0.2, -0.15) is 0 Å². The van der Waals surface area contributed by atoms with Crippen LogP contribution in [0.5, 0.6) is 0 Å². The van der Waals surface area contributed by atoms with Gasteiger partial charge in [-0.1, -0.05) is 91.0 Å². The van der Waals surface area contributed by atoms with Crippen LogP contribution in [0, 0.1) is 10.1 Å². The lowest BCUT2D eigenvalue weighted by Gasteiger charge is -2.40. The predicted octanol–water partition coefficient (Wildman–Crippen LogP) is 6.17. The van der Waals surface area contributed by atoms with Crippen molar-refractivity contribution in [3.05, 3.63) is 148 Å². The van der Waals surface area contributed by atoms with Crippen LogP contribution in [0.2, 0.25) is 0 Å². The topological polar surface area (TPSA) is 69.4 Å². The molecule has 4 aromatic carbocycles. The molecule has 0 fully saturated rings. The highest BCUT2D eigenvalue weighted by molar-refractivity contribution is 5.90. The molecular weight excluding hydrogens is 414 g/mol. The summed E-state index contributed by atoms with van der Waals surface area (Å²) >= 11 is 0. The lowest BCUT2D eigenvalue weighted by atomic mass is 9.66. The van der Waals surface area contributed by atoms with Crippen molar-refractivity contribution in [2.24, 2.45) is 0 Å². The highest BCUT2D eigenvalue weighted by Crippen LogP contribution is 2.43. The van der Waals surface area contributed by atoms with Crippen molar-refractivity contribution >= 4 is 11.7 Å². The molecule has 5 nitrogen and oxygen atoms in total. The SMILES string of the molecule is C[C@H](OC(=O)c1ccc([N+](=O)[O-])cc1)C(c1ccccc1)(c1ccccc1)c1ccccc1. The Morgan fingerprint density at radius 3 is 1.48 bits per heavy atom.